The molecule has 0 unspecified atom stereocenters. The van der Waals surface area contributed by atoms with E-state index in [1.807, 2.05) is 19.2 Å². The first-order valence-corrected chi connectivity index (χ1v) is 5.99. The van der Waals surface area contributed by atoms with Crippen molar-refractivity contribution in [1.29, 1.82) is 0 Å². The first-order valence-electron chi connectivity index (χ1n) is 5.61. The van der Waals surface area contributed by atoms with E-state index >= 15 is 0 Å². The molecule has 0 spiro atoms. The zero-order valence-electron chi connectivity index (χ0n) is 10.00. The Kier molecular flexibility index (Phi) is 3.84. The van der Waals surface area contributed by atoms with Gasteiger partial charge in [-0.25, -0.2) is 0 Å². The predicted molar refractivity (Wildman–Crippen MR) is 69.6 cm³/mol. The highest BCUT2D eigenvalue weighted by Crippen LogP contribution is 2.27. The van der Waals surface area contributed by atoms with Gasteiger partial charge in [0.2, 0.25) is 11.8 Å². The average molecular weight is 268 g/mol. The number of hydrogen-bond acceptors (Lipinski definition) is 4. The highest BCUT2D eigenvalue weighted by atomic mass is 35.5. The molecule has 1 aromatic rings. The van der Waals surface area contributed by atoms with Gasteiger partial charge in [-0.2, -0.15) is 0 Å². The molecule has 0 aromatic heterocycles. The van der Waals surface area contributed by atoms with Crippen LogP contribution in [0.2, 0.25) is 5.02 Å². The number of hydrogen-bond donors (Lipinski definition) is 2. The van der Waals surface area contributed by atoms with Gasteiger partial charge < -0.3 is 10.2 Å². The molecule has 0 aliphatic carbocycles. The molecular formula is C12H14ClN3O2. The highest BCUT2D eigenvalue weighted by Gasteiger charge is 2.24. The van der Waals surface area contributed by atoms with E-state index in [-0.39, 0.29) is 24.9 Å². The van der Waals surface area contributed by atoms with E-state index in [1.54, 1.807) is 11.0 Å². The Hall–Kier alpha value is -1.59. The maximum absolute atomic E-state index is 11.4. The van der Waals surface area contributed by atoms with Crippen molar-refractivity contribution in [1.82, 2.24) is 10.6 Å². The van der Waals surface area contributed by atoms with E-state index in [0.29, 0.717) is 11.6 Å². The summed E-state index contributed by atoms with van der Waals surface area (Å²) < 4.78 is 0. The molecular weight excluding hydrogens is 254 g/mol. The van der Waals surface area contributed by atoms with Crippen molar-refractivity contribution >= 4 is 29.1 Å². The Morgan fingerprint density at radius 1 is 1.33 bits per heavy atom. The maximum atomic E-state index is 11.4. The number of piperazine rings is 1. The summed E-state index contributed by atoms with van der Waals surface area (Å²) in [7, 11) is 1.82. The normalized spacial score (nSPS) is 15.8. The number of benzene rings is 1. The number of imide groups is 1. The zero-order valence-corrected chi connectivity index (χ0v) is 10.8. The predicted octanol–water partition coefficient (Wildman–Crippen LogP) is 0.522. The molecule has 6 heteroatoms. The van der Waals surface area contributed by atoms with E-state index in [9.17, 15) is 9.59 Å². The summed E-state index contributed by atoms with van der Waals surface area (Å²) in [4.78, 5) is 24.5. The van der Waals surface area contributed by atoms with Crippen LogP contribution >= 0.6 is 11.6 Å². The number of nitrogens with zero attached hydrogens (tertiary/aromatic N) is 1. The average Bonchev–Trinajstić information content (AvgIpc) is 2.30. The molecule has 18 heavy (non-hydrogen) atoms. The summed E-state index contributed by atoms with van der Waals surface area (Å²) in [6, 6.07) is 5.47. The van der Waals surface area contributed by atoms with Gasteiger partial charge in [-0.05, 0) is 19.2 Å². The molecule has 5 nitrogen and oxygen atoms in total. The van der Waals surface area contributed by atoms with Crippen molar-refractivity contribution in [3.05, 3.63) is 28.8 Å². The van der Waals surface area contributed by atoms with Crippen LogP contribution in [0.25, 0.3) is 0 Å². The van der Waals surface area contributed by atoms with Gasteiger partial charge in [0, 0.05) is 22.8 Å². The van der Waals surface area contributed by atoms with E-state index in [1.165, 1.54) is 0 Å². The molecule has 2 amide bonds. The number of anilines is 1. The molecule has 2 rings (SSSR count). The van der Waals surface area contributed by atoms with Crippen LogP contribution in [0.3, 0.4) is 0 Å². The van der Waals surface area contributed by atoms with Crippen molar-refractivity contribution < 1.29 is 9.59 Å². The zero-order chi connectivity index (χ0) is 13.1. The Morgan fingerprint density at radius 3 is 2.61 bits per heavy atom. The molecule has 96 valence electrons. The van der Waals surface area contributed by atoms with Crippen molar-refractivity contribution in [2.24, 2.45) is 0 Å². The van der Waals surface area contributed by atoms with Gasteiger partial charge in [0.1, 0.15) is 0 Å². The lowest BCUT2D eigenvalue weighted by Crippen LogP contribution is -2.51. The van der Waals surface area contributed by atoms with Crippen molar-refractivity contribution in [3.63, 3.8) is 0 Å². The topological polar surface area (TPSA) is 61.4 Å². The fraction of sp³-hybridized carbons (Fsp3) is 0.333. The van der Waals surface area contributed by atoms with E-state index < -0.39 is 0 Å². The number of amides is 2. The molecule has 0 radical (unpaired) electrons. The minimum Gasteiger partial charge on any atom is -0.353 e. The lowest BCUT2D eigenvalue weighted by atomic mass is 10.1. The highest BCUT2D eigenvalue weighted by molar-refractivity contribution is 6.31. The SMILES string of the molecule is CNCc1c(Cl)cccc1N1CC(=O)NC(=O)C1. The molecule has 1 fully saturated rings. The van der Waals surface area contributed by atoms with Gasteiger partial charge in [-0.3, -0.25) is 14.9 Å². The van der Waals surface area contributed by atoms with Crippen LogP contribution in [0.15, 0.2) is 18.2 Å². The fourth-order valence-electron chi connectivity index (χ4n) is 2.00. The third-order valence-corrected chi connectivity index (χ3v) is 3.09. The molecule has 2 N–H and O–H groups in total. The van der Waals surface area contributed by atoms with Gasteiger partial charge in [0.15, 0.2) is 0 Å². The number of rotatable bonds is 3. The van der Waals surface area contributed by atoms with E-state index in [0.717, 1.165) is 11.3 Å². The number of carbonyl (C=O) groups is 2. The Labute approximate surface area is 110 Å². The van der Waals surface area contributed by atoms with Crippen LogP contribution in [0.1, 0.15) is 5.56 Å². The lowest BCUT2D eigenvalue weighted by molar-refractivity contribution is -0.130. The van der Waals surface area contributed by atoms with E-state index in [4.69, 9.17) is 11.6 Å². The summed E-state index contributed by atoms with van der Waals surface area (Å²) in [5.74, 6) is -0.580. The van der Waals surface area contributed by atoms with Crippen LogP contribution in [0.4, 0.5) is 5.69 Å². The van der Waals surface area contributed by atoms with Gasteiger partial charge in [-0.1, -0.05) is 17.7 Å². The van der Waals surface area contributed by atoms with Crippen LogP contribution in [-0.2, 0) is 16.1 Å². The monoisotopic (exact) mass is 267 g/mol. The molecule has 1 aliphatic heterocycles. The van der Waals surface area contributed by atoms with E-state index in [2.05, 4.69) is 10.6 Å². The largest absolute Gasteiger partial charge is 0.353 e. The van der Waals surface area contributed by atoms with Gasteiger partial charge in [-0.15, -0.1) is 0 Å². The third-order valence-electron chi connectivity index (χ3n) is 2.74. The molecule has 1 saturated heterocycles. The minimum absolute atomic E-state index is 0.169. The van der Waals surface area contributed by atoms with Gasteiger partial charge in [0.25, 0.3) is 0 Å². The second kappa shape index (κ2) is 5.37. The molecule has 1 aromatic carbocycles. The van der Waals surface area contributed by atoms with Crippen LogP contribution in [-0.4, -0.2) is 32.0 Å². The van der Waals surface area contributed by atoms with Gasteiger partial charge >= 0.3 is 0 Å². The van der Waals surface area contributed by atoms with Crippen LogP contribution in [0, 0.1) is 0 Å². The molecule has 1 heterocycles. The van der Waals surface area contributed by atoms with Crippen LogP contribution < -0.4 is 15.5 Å². The Bertz CT molecular complexity index is 474. The van der Waals surface area contributed by atoms with Gasteiger partial charge in [0.05, 0.1) is 13.1 Å². The smallest absolute Gasteiger partial charge is 0.246 e. The number of nitrogens with one attached hydrogen (secondary N) is 2. The Balaban J connectivity index is 2.34. The summed E-state index contributed by atoms with van der Waals surface area (Å²) in [6.45, 7) is 0.924. The first kappa shape index (κ1) is 12.9. The maximum Gasteiger partial charge on any atom is 0.246 e. The summed E-state index contributed by atoms with van der Waals surface area (Å²) >= 11 is 6.15. The number of halogens is 1. The second-order valence-corrected chi connectivity index (χ2v) is 4.50. The fourth-order valence-corrected chi connectivity index (χ4v) is 2.24. The van der Waals surface area contributed by atoms with Crippen molar-refractivity contribution in [3.8, 4) is 0 Å². The summed E-state index contributed by atoms with van der Waals surface area (Å²) in [5.41, 5.74) is 1.71. The van der Waals surface area contributed by atoms with Crippen molar-refractivity contribution in [2.75, 3.05) is 25.0 Å². The Morgan fingerprint density at radius 2 is 2.00 bits per heavy atom. The summed E-state index contributed by atoms with van der Waals surface area (Å²) in [6.07, 6.45) is 0. The first-order chi connectivity index (χ1) is 8.61. The van der Waals surface area contributed by atoms with Crippen LogP contribution in [0.5, 0.6) is 0 Å². The summed E-state index contributed by atoms with van der Waals surface area (Å²) in [5, 5.41) is 5.93. The molecule has 0 saturated carbocycles. The standard InChI is InChI=1S/C12H14ClN3O2/c1-14-5-8-9(13)3-2-4-10(8)16-6-11(17)15-12(18)7-16/h2-4,14H,5-7H2,1H3,(H,15,17,18). The molecule has 1 aliphatic rings. The third kappa shape index (κ3) is 2.63. The van der Waals surface area contributed by atoms with Crippen molar-refractivity contribution in [2.45, 2.75) is 6.54 Å². The quantitative estimate of drug-likeness (QED) is 0.784. The minimum atomic E-state index is -0.290. The lowest BCUT2D eigenvalue weighted by Gasteiger charge is -2.29. The second-order valence-electron chi connectivity index (χ2n) is 4.10. The molecule has 0 atom stereocenters. The number of carbonyl (C=O) groups excluding carboxylic acids is 2. The molecule has 0 bridgehead atoms.